The monoisotopic (exact) mass is 343 g/mol. The van der Waals surface area contributed by atoms with Gasteiger partial charge in [-0.05, 0) is 30.3 Å². The van der Waals surface area contributed by atoms with Crippen molar-refractivity contribution in [2.45, 2.75) is 6.61 Å². The summed E-state index contributed by atoms with van der Waals surface area (Å²) in [7, 11) is 3.25. The van der Waals surface area contributed by atoms with Crippen molar-refractivity contribution < 1.29 is 23.0 Å². The molecule has 0 radical (unpaired) electrons. The highest BCUT2D eigenvalue weighted by Gasteiger charge is 2.10. The number of halogens is 3. The lowest BCUT2D eigenvalue weighted by Crippen LogP contribution is -2.05. The molecule has 0 aliphatic heterocycles. The molecule has 2 aromatic carbocycles. The summed E-state index contributed by atoms with van der Waals surface area (Å²) in [6.45, 7) is -0.145. The average Bonchev–Trinajstić information content (AvgIpc) is 2.49. The van der Waals surface area contributed by atoms with Crippen LogP contribution >= 0.6 is 11.6 Å². The van der Waals surface area contributed by atoms with Crippen molar-refractivity contribution in [3.63, 3.8) is 0 Å². The molecule has 0 heterocycles. The molecule has 0 aromatic heterocycles. The third-order valence-corrected chi connectivity index (χ3v) is 2.89. The van der Waals surface area contributed by atoms with E-state index in [0.29, 0.717) is 12.1 Å². The molecule has 0 spiro atoms. The van der Waals surface area contributed by atoms with E-state index in [2.05, 4.69) is 10.1 Å². The first-order chi connectivity index (χ1) is 11.0. The highest BCUT2D eigenvalue weighted by molar-refractivity contribution is 6.32. The van der Waals surface area contributed by atoms with Gasteiger partial charge in [0.15, 0.2) is 0 Å². The number of ether oxygens (including phenoxy) is 2. The fraction of sp³-hybridized carbons (Fsp3) is 0.188. The van der Waals surface area contributed by atoms with Gasteiger partial charge in [0.05, 0.1) is 10.7 Å². The summed E-state index contributed by atoms with van der Waals surface area (Å²) in [5.41, 5.74) is 0.484. The van der Waals surface area contributed by atoms with Crippen LogP contribution in [0, 0.1) is 11.6 Å². The molecular formula is C16H16ClF2NO3. The molecule has 0 saturated carbocycles. The zero-order valence-corrected chi connectivity index (χ0v) is 13.4. The summed E-state index contributed by atoms with van der Waals surface area (Å²) >= 11 is 5.81. The van der Waals surface area contributed by atoms with E-state index in [4.69, 9.17) is 16.3 Å². The predicted molar refractivity (Wildman–Crippen MR) is 84.8 cm³/mol. The number of methoxy groups -OCH3 is 1. The Kier molecular flexibility index (Phi) is 8.01. The summed E-state index contributed by atoms with van der Waals surface area (Å²) < 4.78 is 36.2. The summed E-state index contributed by atoms with van der Waals surface area (Å²) in [6.07, 6.45) is 0.448. The van der Waals surface area contributed by atoms with Crippen molar-refractivity contribution >= 4 is 23.7 Å². The first-order valence-electron chi connectivity index (χ1n) is 6.49. The van der Waals surface area contributed by atoms with Crippen LogP contribution in [0.4, 0.5) is 14.5 Å². The molecule has 1 N–H and O–H groups in total. The van der Waals surface area contributed by atoms with Gasteiger partial charge < -0.3 is 14.8 Å². The van der Waals surface area contributed by atoms with Crippen molar-refractivity contribution in [1.29, 1.82) is 0 Å². The minimum absolute atomic E-state index is 0.0891. The van der Waals surface area contributed by atoms with Crippen molar-refractivity contribution in [2.75, 3.05) is 19.5 Å². The smallest absolute Gasteiger partial charge is 0.211 e. The van der Waals surface area contributed by atoms with Crippen molar-refractivity contribution in [3.05, 3.63) is 58.6 Å². The minimum Gasteiger partial charge on any atom is -0.487 e. The van der Waals surface area contributed by atoms with Gasteiger partial charge in [-0.15, -0.1) is 0 Å². The standard InChI is InChI=1S/C14H10ClF2NO2.C2H6O/c15-11-6-9(16)4-5-14(11)20-7-10-12(17)2-1-3-13(10)18-8-19;1-3-2/h1-6,8H,7H2,(H,18,19);1-2H3. The number of carbonyl (C=O) groups is 1. The summed E-state index contributed by atoms with van der Waals surface area (Å²) in [5, 5.41) is 2.47. The van der Waals surface area contributed by atoms with Gasteiger partial charge in [0, 0.05) is 19.8 Å². The predicted octanol–water partition coefficient (Wildman–Crippen LogP) is 4.03. The van der Waals surface area contributed by atoms with E-state index in [9.17, 15) is 13.6 Å². The van der Waals surface area contributed by atoms with Crippen LogP contribution < -0.4 is 10.1 Å². The Morgan fingerprint density at radius 2 is 1.91 bits per heavy atom. The second-order valence-corrected chi connectivity index (χ2v) is 4.71. The summed E-state index contributed by atoms with van der Waals surface area (Å²) in [6, 6.07) is 7.90. The first kappa shape index (κ1) is 18.9. The van der Waals surface area contributed by atoms with E-state index in [1.807, 2.05) is 0 Å². The van der Waals surface area contributed by atoms with E-state index < -0.39 is 11.6 Å². The van der Waals surface area contributed by atoms with Gasteiger partial charge in [-0.2, -0.15) is 0 Å². The van der Waals surface area contributed by atoms with E-state index in [1.165, 1.54) is 24.3 Å². The molecule has 1 amide bonds. The zero-order chi connectivity index (χ0) is 17.2. The lowest BCUT2D eigenvalue weighted by atomic mass is 10.2. The van der Waals surface area contributed by atoms with Crippen molar-refractivity contribution in [1.82, 2.24) is 0 Å². The number of benzene rings is 2. The van der Waals surface area contributed by atoms with Gasteiger partial charge in [0.25, 0.3) is 0 Å². The second-order valence-electron chi connectivity index (χ2n) is 4.30. The fourth-order valence-corrected chi connectivity index (χ4v) is 1.87. The SMILES string of the molecule is COC.O=CNc1cccc(F)c1COc1ccc(F)cc1Cl. The lowest BCUT2D eigenvalue weighted by molar-refractivity contribution is -0.105. The lowest BCUT2D eigenvalue weighted by Gasteiger charge is -2.12. The van der Waals surface area contributed by atoms with Gasteiger partial charge in [0.1, 0.15) is 24.0 Å². The van der Waals surface area contributed by atoms with Gasteiger partial charge in [-0.25, -0.2) is 8.78 Å². The maximum absolute atomic E-state index is 13.7. The fourth-order valence-electron chi connectivity index (χ4n) is 1.65. The van der Waals surface area contributed by atoms with Crippen molar-refractivity contribution in [3.8, 4) is 5.75 Å². The molecule has 2 aromatic rings. The largest absolute Gasteiger partial charge is 0.487 e. The van der Waals surface area contributed by atoms with Crippen LogP contribution in [0.1, 0.15) is 5.56 Å². The Morgan fingerprint density at radius 1 is 1.22 bits per heavy atom. The first-order valence-corrected chi connectivity index (χ1v) is 6.86. The summed E-state index contributed by atoms with van der Waals surface area (Å²) in [4.78, 5) is 10.5. The Morgan fingerprint density at radius 3 is 2.52 bits per heavy atom. The third-order valence-electron chi connectivity index (χ3n) is 2.60. The Hall–Kier alpha value is -2.18. The van der Waals surface area contributed by atoms with E-state index in [1.54, 1.807) is 20.3 Å². The van der Waals surface area contributed by atoms with Gasteiger partial charge in [-0.3, -0.25) is 4.79 Å². The molecule has 7 heteroatoms. The van der Waals surface area contributed by atoms with Gasteiger partial charge in [-0.1, -0.05) is 17.7 Å². The van der Waals surface area contributed by atoms with Crippen LogP contribution in [0.5, 0.6) is 5.75 Å². The minimum atomic E-state index is -0.518. The topological polar surface area (TPSA) is 47.6 Å². The van der Waals surface area contributed by atoms with E-state index >= 15 is 0 Å². The maximum atomic E-state index is 13.7. The molecule has 0 saturated heterocycles. The third kappa shape index (κ3) is 5.84. The van der Waals surface area contributed by atoms with Crippen LogP contribution in [-0.2, 0) is 16.1 Å². The molecule has 0 unspecified atom stereocenters. The number of hydrogen-bond acceptors (Lipinski definition) is 3. The van der Waals surface area contributed by atoms with Crippen molar-refractivity contribution in [2.24, 2.45) is 0 Å². The molecule has 23 heavy (non-hydrogen) atoms. The number of amides is 1. The quantitative estimate of drug-likeness (QED) is 0.834. The number of carbonyl (C=O) groups excluding carboxylic acids is 1. The molecule has 0 fully saturated rings. The normalized spacial score (nSPS) is 9.61. The highest BCUT2D eigenvalue weighted by atomic mass is 35.5. The molecule has 0 atom stereocenters. The molecule has 2 rings (SSSR count). The number of nitrogens with one attached hydrogen (secondary N) is 1. The molecule has 4 nitrogen and oxygen atoms in total. The number of anilines is 1. The summed E-state index contributed by atoms with van der Waals surface area (Å²) in [5.74, 6) is -0.778. The van der Waals surface area contributed by atoms with E-state index in [-0.39, 0.29) is 22.9 Å². The maximum Gasteiger partial charge on any atom is 0.211 e. The zero-order valence-electron chi connectivity index (χ0n) is 12.6. The second kappa shape index (κ2) is 9.76. The Labute approximate surface area is 138 Å². The molecule has 0 aliphatic carbocycles. The average molecular weight is 344 g/mol. The number of hydrogen-bond donors (Lipinski definition) is 1. The van der Waals surface area contributed by atoms with Crippen LogP contribution in [0.3, 0.4) is 0 Å². The van der Waals surface area contributed by atoms with Crippen LogP contribution in [-0.4, -0.2) is 20.6 Å². The molecule has 124 valence electrons. The number of rotatable bonds is 5. The molecule has 0 aliphatic rings. The van der Waals surface area contributed by atoms with E-state index in [0.717, 1.165) is 6.07 Å². The Bertz CT molecular complexity index is 653. The van der Waals surface area contributed by atoms with Crippen LogP contribution in [0.25, 0.3) is 0 Å². The van der Waals surface area contributed by atoms with Crippen LogP contribution in [0.15, 0.2) is 36.4 Å². The molecule has 0 bridgehead atoms. The Balaban J connectivity index is 0.000000816. The van der Waals surface area contributed by atoms with Gasteiger partial charge >= 0.3 is 0 Å². The van der Waals surface area contributed by atoms with Gasteiger partial charge in [0.2, 0.25) is 6.41 Å². The molecular weight excluding hydrogens is 328 g/mol. The highest BCUT2D eigenvalue weighted by Crippen LogP contribution is 2.27. The van der Waals surface area contributed by atoms with Crippen LogP contribution in [0.2, 0.25) is 5.02 Å².